The van der Waals surface area contributed by atoms with Crippen molar-refractivity contribution in [3.63, 3.8) is 0 Å². The van der Waals surface area contributed by atoms with Gasteiger partial charge in [-0.05, 0) is 41.8 Å². The van der Waals surface area contributed by atoms with Gasteiger partial charge < -0.3 is 9.45 Å². The molecule has 4 nitrogen and oxygen atoms in total. The van der Waals surface area contributed by atoms with Gasteiger partial charge in [0, 0.05) is 18.8 Å². The Morgan fingerprint density at radius 2 is 1.30 bits per heavy atom. The Labute approximate surface area is 182 Å². The number of hydrogen-bond acceptors (Lipinski definition) is 4. The third kappa shape index (κ3) is 5.92. The zero-order chi connectivity index (χ0) is 18.6. The Balaban J connectivity index is 0.00000261. The predicted molar refractivity (Wildman–Crippen MR) is 102 cm³/mol. The summed E-state index contributed by atoms with van der Waals surface area (Å²) >= 11 is 0. The topological polar surface area (TPSA) is 60.4 Å². The third-order valence-corrected chi connectivity index (χ3v) is 5.06. The van der Waals surface area contributed by atoms with Crippen LogP contribution in [0.4, 0.5) is 5.69 Å². The van der Waals surface area contributed by atoms with Gasteiger partial charge in [0.1, 0.15) is 10.1 Å². The predicted octanol–water partition coefficient (Wildman–Crippen LogP) is 1.11. The molecule has 0 fully saturated rings. The average Bonchev–Trinajstić information content (AvgIpc) is 2.62. The van der Waals surface area contributed by atoms with Crippen LogP contribution in [0.3, 0.4) is 0 Å². The fourth-order valence-corrected chi connectivity index (χ4v) is 3.53. The second-order valence-corrected chi connectivity index (χ2v) is 7.61. The van der Waals surface area contributed by atoms with E-state index in [-0.39, 0.29) is 34.5 Å². The van der Waals surface area contributed by atoms with Gasteiger partial charge in [0.2, 0.25) is 0 Å². The second-order valence-electron chi connectivity index (χ2n) is 6.23. The number of rotatable bonds is 6. The summed E-state index contributed by atoms with van der Waals surface area (Å²) in [5.74, 6) is 0. The van der Waals surface area contributed by atoms with Crippen molar-refractivity contribution in [2.24, 2.45) is 0 Å². The van der Waals surface area contributed by atoms with Crippen molar-refractivity contribution in [3.05, 3.63) is 95.6 Å². The van der Waals surface area contributed by atoms with Gasteiger partial charge in [-0.2, -0.15) is 0 Å². The molecule has 0 aliphatic heterocycles. The molecule has 3 aromatic carbocycles. The van der Waals surface area contributed by atoms with Crippen molar-refractivity contribution in [3.8, 4) is 0 Å². The molecule has 0 atom stereocenters. The minimum atomic E-state index is -4.45. The molecule has 3 rings (SSSR count). The molecule has 0 bridgehead atoms. The molecule has 0 saturated heterocycles. The van der Waals surface area contributed by atoms with E-state index in [1.807, 2.05) is 43.3 Å². The molecule has 0 aromatic heterocycles. The van der Waals surface area contributed by atoms with E-state index in [1.165, 1.54) is 12.1 Å². The van der Waals surface area contributed by atoms with Gasteiger partial charge in [0.05, 0.1) is 4.90 Å². The maximum atomic E-state index is 11.3. The Morgan fingerprint density at radius 3 is 1.70 bits per heavy atom. The molecule has 0 radical (unpaired) electrons. The number of nitrogens with zero attached hydrogens (tertiary/aromatic N) is 1. The van der Waals surface area contributed by atoms with Crippen LogP contribution in [0.1, 0.15) is 16.7 Å². The Morgan fingerprint density at radius 1 is 0.815 bits per heavy atom. The second kappa shape index (κ2) is 9.53. The summed E-state index contributed by atoms with van der Waals surface area (Å²) < 4.78 is 33.8. The van der Waals surface area contributed by atoms with E-state index in [4.69, 9.17) is 0 Å². The summed E-state index contributed by atoms with van der Waals surface area (Å²) in [7, 11) is -4.45. The average molecular weight is 389 g/mol. The maximum absolute atomic E-state index is 11.3. The molecule has 0 aliphatic carbocycles. The molecular formula is C21H20NNaO3S. The van der Waals surface area contributed by atoms with Crippen LogP contribution in [0.15, 0.2) is 83.8 Å². The van der Waals surface area contributed by atoms with Gasteiger partial charge in [-0.25, -0.2) is 8.42 Å². The van der Waals surface area contributed by atoms with Crippen LogP contribution in [0.2, 0.25) is 0 Å². The van der Waals surface area contributed by atoms with Gasteiger partial charge in [0.25, 0.3) is 0 Å². The van der Waals surface area contributed by atoms with Crippen LogP contribution in [0.25, 0.3) is 0 Å². The molecule has 0 unspecified atom stereocenters. The van der Waals surface area contributed by atoms with Gasteiger partial charge in [-0.3, -0.25) is 0 Å². The van der Waals surface area contributed by atoms with Crippen LogP contribution >= 0.6 is 0 Å². The van der Waals surface area contributed by atoms with E-state index < -0.39 is 10.1 Å². The minimum absolute atomic E-state index is 0. The first-order chi connectivity index (χ1) is 12.4. The van der Waals surface area contributed by atoms with Crippen molar-refractivity contribution in [1.82, 2.24) is 0 Å². The fourth-order valence-electron chi connectivity index (χ4n) is 2.97. The summed E-state index contributed by atoms with van der Waals surface area (Å²) in [5.41, 5.74) is 3.98. The normalized spacial score (nSPS) is 10.9. The van der Waals surface area contributed by atoms with Gasteiger partial charge >= 0.3 is 29.6 Å². The molecule has 27 heavy (non-hydrogen) atoms. The van der Waals surface area contributed by atoms with Crippen LogP contribution in [0.5, 0.6) is 0 Å². The molecule has 134 valence electrons. The Kier molecular flexibility index (Phi) is 7.65. The summed E-state index contributed by atoms with van der Waals surface area (Å²) in [5, 5.41) is 0. The maximum Gasteiger partial charge on any atom is 1.00 e. The number of benzene rings is 3. The molecule has 3 aromatic rings. The molecule has 0 aliphatic rings. The zero-order valence-corrected chi connectivity index (χ0v) is 18.3. The van der Waals surface area contributed by atoms with E-state index >= 15 is 0 Å². The largest absolute Gasteiger partial charge is 1.00 e. The molecule has 0 N–H and O–H groups in total. The van der Waals surface area contributed by atoms with Crippen molar-refractivity contribution in [2.75, 3.05) is 4.90 Å². The van der Waals surface area contributed by atoms with Crippen molar-refractivity contribution in [1.29, 1.82) is 0 Å². The van der Waals surface area contributed by atoms with E-state index in [0.717, 1.165) is 22.4 Å². The summed E-state index contributed by atoms with van der Waals surface area (Å²) in [6.45, 7) is 3.19. The number of aryl methyl sites for hydroxylation is 1. The van der Waals surface area contributed by atoms with Crippen LogP contribution in [-0.4, -0.2) is 13.0 Å². The first-order valence-corrected chi connectivity index (χ1v) is 9.73. The molecule has 0 spiro atoms. The van der Waals surface area contributed by atoms with E-state index in [1.54, 1.807) is 6.07 Å². The van der Waals surface area contributed by atoms with Crippen LogP contribution in [0, 0.1) is 6.92 Å². The monoisotopic (exact) mass is 389 g/mol. The quantitative estimate of drug-likeness (QED) is 0.468. The molecule has 0 saturated carbocycles. The van der Waals surface area contributed by atoms with Gasteiger partial charge in [-0.1, -0.05) is 60.7 Å². The third-order valence-electron chi connectivity index (χ3n) is 4.23. The molecule has 6 heteroatoms. The molecular weight excluding hydrogens is 369 g/mol. The van der Waals surface area contributed by atoms with E-state index in [0.29, 0.717) is 13.1 Å². The standard InChI is InChI=1S/C21H21NO3S.Na/c1-17-14-20(26(23,24)25)12-13-21(17)22(15-18-8-4-2-5-9-18)16-19-10-6-3-7-11-19;/h2-14H,15-16H2,1H3,(H,23,24,25);/q;+1/p-1. The molecule has 0 heterocycles. The summed E-state index contributed by atoms with van der Waals surface area (Å²) in [6, 6.07) is 24.7. The minimum Gasteiger partial charge on any atom is -0.744 e. The van der Waals surface area contributed by atoms with E-state index in [9.17, 15) is 13.0 Å². The number of hydrogen-bond donors (Lipinski definition) is 0. The van der Waals surface area contributed by atoms with Crippen LogP contribution < -0.4 is 34.5 Å². The van der Waals surface area contributed by atoms with E-state index in [2.05, 4.69) is 29.2 Å². The summed E-state index contributed by atoms with van der Waals surface area (Å²) in [4.78, 5) is 1.99. The van der Waals surface area contributed by atoms with Gasteiger partial charge in [0.15, 0.2) is 0 Å². The first-order valence-electron chi connectivity index (χ1n) is 8.33. The Bertz CT molecular complexity index is 935. The first kappa shape index (κ1) is 21.7. The van der Waals surface area contributed by atoms with Crippen molar-refractivity contribution >= 4 is 15.8 Å². The Hall–Kier alpha value is -1.63. The van der Waals surface area contributed by atoms with Crippen molar-refractivity contribution in [2.45, 2.75) is 24.9 Å². The number of anilines is 1. The zero-order valence-electron chi connectivity index (χ0n) is 15.5. The SMILES string of the molecule is Cc1cc(S(=O)(=O)[O-])ccc1N(Cc1ccccc1)Cc1ccccc1.[Na+]. The smallest absolute Gasteiger partial charge is 0.744 e. The van der Waals surface area contributed by atoms with Crippen LogP contribution in [-0.2, 0) is 23.2 Å². The van der Waals surface area contributed by atoms with Gasteiger partial charge in [-0.15, -0.1) is 0 Å². The summed E-state index contributed by atoms with van der Waals surface area (Å²) in [6.07, 6.45) is 0. The molecule has 0 amide bonds. The fraction of sp³-hybridized carbons (Fsp3) is 0.143. The van der Waals surface area contributed by atoms with Crippen molar-refractivity contribution < 1.29 is 42.5 Å².